The van der Waals surface area contributed by atoms with Gasteiger partial charge in [-0.15, -0.1) is 0 Å². The highest BCUT2D eigenvalue weighted by molar-refractivity contribution is 5.91. The molecule has 0 amide bonds. The molecule has 3 rings (SSSR count). The van der Waals surface area contributed by atoms with E-state index in [1.807, 2.05) is 85.8 Å². The first-order chi connectivity index (χ1) is 15.8. The van der Waals surface area contributed by atoms with Crippen LogP contribution in [-0.4, -0.2) is 25.7 Å². The van der Waals surface area contributed by atoms with Crippen molar-refractivity contribution in [1.82, 2.24) is 0 Å². The number of hydrogen-bond acceptors (Lipinski definition) is 5. The van der Waals surface area contributed by atoms with Gasteiger partial charge in [-0.25, -0.2) is 0 Å². The zero-order chi connectivity index (χ0) is 22.4. The Morgan fingerprint density at radius 1 is 0.688 bits per heavy atom. The van der Waals surface area contributed by atoms with Gasteiger partial charge in [-0.2, -0.15) is 0 Å². The van der Waals surface area contributed by atoms with Crippen molar-refractivity contribution in [3.05, 3.63) is 90.0 Å². The average molecular weight is 434 g/mol. The van der Waals surface area contributed by atoms with E-state index in [-0.39, 0.29) is 5.90 Å². The van der Waals surface area contributed by atoms with E-state index in [1.165, 1.54) is 0 Å². The highest BCUT2D eigenvalue weighted by Gasteiger charge is 2.05. The van der Waals surface area contributed by atoms with Gasteiger partial charge in [-0.05, 0) is 68.1 Å². The number of nitrogens with one attached hydrogen (secondary N) is 1. The van der Waals surface area contributed by atoms with E-state index < -0.39 is 0 Å². The Balaban J connectivity index is 1.32. The quantitative estimate of drug-likeness (QED) is 0.196. The Bertz CT molecular complexity index is 941. The van der Waals surface area contributed by atoms with Crippen LogP contribution in [0.2, 0.25) is 0 Å². The fourth-order valence-electron chi connectivity index (χ4n) is 3.11. The van der Waals surface area contributed by atoms with Gasteiger partial charge in [-0.3, -0.25) is 5.41 Å². The zero-order valence-electron chi connectivity index (χ0n) is 18.6. The van der Waals surface area contributed by atoms with Crippen LogP contribution in [0.1, 0.15) is 37.3 Å². The van der Waals surface area contributed by atoms with E-state index in [9.17, 15) is 0 Å². The molecule has 3 aromatic rings. The molecule has 5 heteroatoms. The summed E-state index contributed by atoms with van der Waals surface area (Å²) in [6.45, 7) is 4.17. The van der Waals surface area contributed by atoms with Crippen LogP contribution in [0.25, 0.3) is 0 Å². The predicted octanol–water partition coefficient (Wildman–Crippen LogP) is 6.26. The molecule has 0 aliphatic heterocycles. The molecule has 0 aromatic heterocycles. The second kappa shape index (κ2) is 13.1. The third kappa shape index (κ3) is 7.65. The van der Waals surface area contributed by atoms with Crippen LogP contribution in [0.4, 0.5) is 0 Å². The highest BCUT2D eigenvalue weighted by atomic mass is 16.5. The summed E-state index contributed by atoms with van der Waals surface area (Å²) in [6.07, 6.45) is 2.91. The van der Waals surface area contributed by atoms with Crippen LogP contribution in [0.5, 0.6) is 17.2 Å². The smallest absolute Gasteiger partial charge is 0.213 e. The number of para-hydroxylation sites is 2. The Kier molecular flexibility index (Phi) is 9.46. The largest absolute Gasteiger partial charge is 0.494 e. The molecule has 0 saturated carbocycles. The monoisotopic (exact) mass is 433 g/mol. The van der Waals surface area contributed by atoms with Crippen molar-refractivity contribution in [3.8, 4) is 17.2 Å². The summed E-state index contributed by atoms with van der Waals surface area (Å²) in [5.41, 5.74) is 1.88. The lowest BCUT2D eigenvalue weighted by atomic mass is 10.2. The van der Waals surface area contributed by atoms with Crippen LogP contribution >= 0.6 is 0 Å². The lowest BCUT2D eigenvalue weighted by Gasteiger charge is -2.13. The van der Waals surface area contributed by atoms with Gasteiger partial charge in [0.05, 0.1) is 19.8 Å². The summed E-state index contributed by atoms with van der Waals surface area (Å²) in [5, 5.41) is 7.79. The van der Waals surface area contributed by atoms with Crippen molar-refractivity contribution in [3.63, 3.8) is 0 Å². The lowest BCUT2D eigenvalue weighted by Crippen LogP contribution is -2.05. The molecule has 0 aliphatic rings. The molecule has 0 aliphatic carbocycles. The van der Waals surface area contributed by atoms with Crippen molar-refractivity contribution in [1.29, 1.82) is 5.41 Å². The summed E-state index contributed by atoms with van der Waals surface area (Å²) < 4.78 is 22.9. The van der Waals surface area contributed by atoms with Crippen LogP contribution in [0.3, 0.4) is 0 Å². The summed E-state index contributed by atoms with van der Waals surface area (Å²) in [5.74, 6) is 2.53. The van der Waals surface area contributed by atoms with Gasteiger partial charge >= 0.3 is 0 Å². The molecule has 32 heavy (non-hydrogen) atoms. The third-order valence-corrected chi connectivity index (χ3v) is 4.81. The molecule has 0 radical (unpaired) electrons. The topological polar surface area (TPSA) is 60.8 Å². The maximum Gasteiger partial charge on any atom is 0.213 e. The van der Waals surface area contributed by atoms with Gasteiger partial charge in [0.15, 0.2) is 11.5 Å². The average Bonchev–Trinajstić information content (AvgIpc) is 2.84. The standard InChI is InChI=1S/C27H31NO4/c1-2-29-27(28)23-15-17-24(18-16-23)30-19-9-4-10-20-31-25-13-7-8-14-26(25)32-21-22-11-5-3-6-12-22/h3,5-8,11-18,28H,2,4,9-10,19-21H2,1H3. The normalized spacial score (nSPS) is 10.4. The van der Waals surface area contributed by atoms with Gasteiger partial charge in [0.2, 0.25) is 5.90 Å². The van der Waals surface area contributed by atoms with Crippen LogP contribution in [0, 0.1) is 5.41 Å². The van der Waals surface area contributed by atoms with Crippen molar-refractivity contribution in [2.24, 2.45) is 0 Å². The van der Waals surface area contributed by atoms with Crippen molar-refractivity contribution < 1.29 is 18.9 Å². The van der Waals surface area contributed by atoms with Crippen molar-refractivity contribution in [2.45, 2.75) is 32.8 Å². The van der Waals surface area contributed by atoms with Gasteiger partial charge in [0, 0.05) is 5.56 Å². The first kappa shape index (κ1) is 23.2. The first-order valence-electron chi connectivity index (χ1n) is 11.1. The molecule has 0 saturated heterocycles. The lowest BCUT2D eigenvalue weighted by molar-refractivity contribution is 0.252. The molecule has 0 heterocycles. The Morgan fingerprint density at radius 2 is 1.31 bits per heavy atom. The van der Waals surface area contributed by atoms with E-state index in [4.69, 9.17) is 24.4 Å². The second-order valence-corrected chi connectivity index (χ2v) is 7.27. The van der Waals surface area contributed by atoms with Crippen molar-refractivity contribution >= 4 is 5.90 Å². The second-order valence-electron chi connectivity index (χ2n) is 7.27. The van der Waals surface area contributed by atoms with Gasteiger partial charge < -0.3 is 18.9 Å². The Labute approximate surface area is 190 Å². The van der Waals surface area contributed by atoms with Gasteiger partial charge in [-0.1, -0.05) is 42.5 Å². The molecule has 5 nitrogen and oxygen atoms in total. The van der Waals surface area contributed by atoms with E-state index in [2.05, 4.69) is 0 Å². The highest BCUT2D eigenvalue weighted by Crippen LogP contribution is 2.27. The number of hydrogen-bond donors (Lipinski definition) is 1. The Hall–Kier alpha value is -3.47. The van der Waals surface area contributed by atoms with E-state index >= 15 is 0 Å². The molecule has 168 valence electrons. The van der Waals surface area contributed by atoms with Gasteiger partial charge in [0.1, 0.15) is 12.4 Å². The van der Waals surface area contributed by atoms with Crippen molar-refractivity contribution in [2.75, 3.05) is 19.8 Å². The summed E-state index contributed by atoms with van der Waals surface area (Å²) in [7, 11) is 0. The molecule has 1 N–H and O–H groups in total. The molecule has 0 fully saturated rings. The van der Waals surface area contributed by atoms with Gasteiger partial charge in [0.25, 0.3) is 0 Å². The number of benzene rings is 3. The van der Waals surface area contributed by atoms with E-state index in [1.54, 1.807) is 0 Å². The minimum atomic E-state index is 0.186. The number of unbranched alkanes of at least 4 members (excludes halogenated alkanes) is 2. The van der Waals surface area contributed by atoms with E-state index in [0.717, 1.165) is 47.6 Å². The maximum atomic E-state index is 7.79. The maximum absolute atomic E-state index is 7.79. The van der Waals surface area contributed by atoms with E-state index in [0.29, 0.717) is 26.4 Å². The molecule has 0 spiro atoms. The first-order valence-corrected chi connectivity index (χ1v) is 11.1. The fourth-order valence-corrected chi connectivity index (χ4v) is 3.11. The minimum Gasteiger partial charge on any atom is -0.494 e. The zero-order valence-corrected chi connectivity index (χ0v) is 18.6. The predicted molar refractivity (Wildman–Crippen MR) is 127 cm³/mol. The summed E-state index contributed by atoms with van der Waals surface area (Å²) in [4.78, 5) is 0. The summed E-state index contributed by atoms with van der Waals surface area (Å²) in [6, 6.07) is 25.3. The molecular formula is C27H31NO4. The molecule has 0 unspecified atom stereocenters. The molecule has 0 bridgehead atoms. The number of rotatable bonds is 13. The number of ether oxygens (including phenoxy) is 4. The minimum absolute atomic E-state index is 0.186. The molecule has 3 aromatic carbocycles. The van der Waals surface area contributed by atoms with Crippen LogP contribution < -0.4 is 14.2 Å². The fraction of sp³-hybridized carbons (Fsp3) is 0.296. The summed E-state index contributed by atoms with van der Waals surface area (Å²) >= 11 is 0. The molecular weight excluding hydrogens is 402 g/mol. The molecule has 0 atom stereocenters. The van der Waals surface area contributed by atoms with Crippen LogP contribution in [0.15, 0.2) is 78.9 Å². The van der Waals surface area contributed by atoms with Crippen LogP contribution in [-0.2, 0) is 11.3 Å². The SMILES string of the molecule is CCOC(=N)c1ccc(OCCCCCOc2ccccc2OCc2ccccc2)cc1. The Morgan fingerprint density at radius 3 is 2.00 bits per heavy atom. The third-order valence-electron chi connectivity index (χ3n) is 4.81.